The van der Waals surface area contributed by atoms with E-state index in [0.29, 0.717) is 22.5 Å². The van der Waals surface area contributed by atoms with Gasteiger partial charge in [-0.15, -0.1) is 0 Å². The second-order valence-electron chi connectivity index (χ2n) is 9.33. The van der Waals surface area contributed by atoms with Crippen molar-refractivity contribution < 1.29 is 4.39 Å². The van der Waals surface area contributed by atoms with Crippen LogP contribution in [-0.4, -0.2) is 37.5 Å². The third-order valence-electron chi connectivity index (χ3n) is 6.99. The van der Waals surface area contributed by atoms with Gasteiger partial charge in [0.05, 0.1) is 0 Å². The molecule has 7 heteroatoms. The molecule has 0 amide bonds. The van der Waals surface area contributed by atoms with Crippen molar-refractivity contribution in [1.29, 1.82) is 0 Å². The molecule has 4 aromatic rings. The van der Waals surface area contributed by atoms with E-state index in [2.05, 4.69) is 26.0 Å². The Morgan fingerprint density at radius 3 is 2.35 bits per heavy atom. The van der Waals surface area contributed by atoms with E-state index in [-0.39, 0.29) is 5.82 Å². The summed E-state index contributed by atoms with van der Waals surface area (Å²) >= 11 is 6.39. The molecule has 1 saturated heterocycles. The summed E-state index contributed by atoms with van der Waals surface area (Å²) in [5.41, 5.74) is 5.67. The van der Waals surface area contributed by atoms with Crippen LogP contribution in [0, 0.1) is 17.7 Å². The van der Waals surface area contributed by atoms with Crippen molar-refractivity contribution in [2.24, 2.45) is 11.8 Å². The van der Waals surface area contributed by atoms with Crippen LogP contribution in [-0.2, 0) is 6.54 Å². The Bertz CT molecular complexity index is 1360. The molecule has 0 unspecified atom stereocenters. The molecule has 2 aromatic carbocycles. The van der Waals surface area contributed by atoms with Gasteiger partial charge < -0.3 is 9.47 Å². The zero-order valence-corrected chi connectivity index (χ0v) is 19.5. The van der Waals surface area contributed by atoms with Crippen LogP contribution in [0.2, 0.25) is 5.15 Å². The number of fused-ring (bicyclic) bond motifs is 1. The van der Waals surface area contributed by atoms with Crippen LogP contribution in [0.1, 0.15) is 19.3 Å². The summed E-state index contributed by atoms with van der Waals surface area (Å²) in [5.74, 6) is 1.77. The largest absolute Gasteiger partial charge is 0.375 e. The first-order valence-corrected chi connectivity index (χ1v) is 12.1. The molecule has 2 aromatic heterocycles. The molecule has 2 fully saturated rings. The Hall–Kier alpha value is -3.25. The normalized spacial score (nSPS) is 18.1. The fourth-order valence-corrected chi connectivity index (χ4v) is 5.10. The molecular formula is C27H25ClFN5. The average molecular weight is 474 g/mol. The first-order chi connectivity index (χ1) is 16.6. The van der Waals surface area contributed by atoms with Gasteiger partial charge in [0, 0.05) is 30.9 Å². The second-order valence-corrected chi connectivity index (χ2v) is 9.69. The Balaban J connectivity index is 1.32. The number of allylic oxidation sites excluding steroid dienone is 1. The number of hydrogen-bond donors (Lipinski definition) is 0. The molecule has 0 radical (unpaired) electrons. The van der Waals surface area contributed by atoms with Crippen LogP contribution in [0.5, 0.6) is 0 Å². The predicted octanol–water partition coefficient (Wildman–Crippen LogP) is 6.20. The van der Waals surface area contributed by atoms with Crippen LogP contribution in [0.3, 0.4) is 0 Å². The summed E-state index contributed by atoms with van der Waals surface area (Å²) in [6, 6.07) is 14.7. The minimum Gasteiger partial charge on any atom is -0.375 e. The number of benzene rings is 2. The summed E-state index contributed by atoms with van der Waals surface area (Å²) in [7, 11) is 0. The summed E-state index contributed by atoms with van der Waals surface area (Å²) in [5, 5.41) is 0.364. The molecule has 2 aliphatic rings. The van der Waals surface area contributed by atoms with Crippen molar-refractivity contribution in [1.82, 2.24) is 24.4 Å². The molecule has 0 spiro atoms. The Kier molecular flexibility index (Phi) is 5.33. The third-order valence-corrected chi connectivity index (χ3v) is 7.27. The minimum absolute atomic E-state index is 0.238. The molecular weight excluding hydrogens is 449 g/mol. The van der Waals surface area contributed by atoms with Crippen LogP contribution in [0.4, 0.5) is 4.39 Å². The van der Waals surface area contributed by atoms with Gasteiger partial charge in [0.1, 0.15) is 23.5 Å². The van der Waals surface area contributed by atoms with Gasteiger partial charge >= 0.3 is 0 Å². The monoisotopic (exact) mass is 473 g/mol. The van der Waals surface area contributed by atoms with Gasteiger partial charge in [0.15, 0.2) is 10.8 Å². The number of hydrogen-bond acceptors (Lipinski definition) is 4. The van der Waals surface area contributed by atoms with E-state index in [1.165, 1.54) is 37.0 Å². The summed E-state index contributed by atoms with van der Waals surface area (Å²) in [4.78, 5) is 16.0. The van der Waals surface area contributed by atoms with E-state index in [1.54, 1.807) is 12.1 Å². The Labute approximate surface area is 202 Å². The lowest BCUT2D eigenvalue weighted by Gasteiger charge is -2.21. The molecule has 1 aliphatic carbocycles. The van der Waals surface area contributed by atoms with Gasteiger partial charge in [-0.25, -0.2) is 19.3 Å². The van der Waals surface area contributed by atoms with E-state index in [0.717, 1.165) is 54.2 Å². The molecule has 6 rings (SSSR count). The summed E-state index contributed by atoms with van der Waals surface area (Å²) in [6.45, 7) is 7.23. The van der Waals surface area contributed by atoms with Crippen LogP contribution >= 0.6 is 11.6 Å². The highest BCUT2D eigenvalue weighted by atomic mass is 35.5. The first-order valence-electron chi connectivity index (χ1n) is 11.7. The lowest BCUT2D eigenvalue weighted by molar-refractivity contribution is 0.372. The molecule has 172 valence electrons. The van der Waals surface area contributed by atoms with Gasteiger partial charge in [0.2, 0.25) is 0 Å². The SMILES string of the molecule is C=C(C1CC1)N1CC[C@@H](Cn2c(-c3ccc(-c4ccc(F)cc4)cc3)nc3c(Cl)ncnc32)C1. The zero-order valence-electron chi connectivity index (χ0n) is 18.8. The highest BCUT2D eigenvalue weighted by Crippen LogP contribution is 2.39. The Morgan fingerprint density at radius 1 is 0.971 bits per heavy atom. The fraction of sp³-hybridized carbons (Fsp3) is 0.296. The number of halogens is 2. The lowest BCUT2D eigenvalue weighted by atomic mass is 10.0. The van der Waals surface area contributed by atoms with Crippen LogP contribution in [0.15, 0.2) is 67.1 Å². The number of aromatic nitrogens is 4. The second kappa shape index (κ2) is 8.51. The molecule has 34 heavy (non-hydrogen) atoms. The Morgan fingerprint density at radius 2 is 1.65 bits per heavy atom. The maximum atomic E-state index is 13.3. The van der Waals surface area contributed by atoms with E-state index in [1.807, 2.05) is 24.3 Å². The van der Waals surface area contributed by atoms with E-state index < -0.39 is 0 Å². The van der Waals surface area contributed by atoms with Crippen molar-refractivity contribution in [2.75, 3.05) is 13.1 Å². The highest BCUT2D eigenvalue weighted by Gasteiger charge is 2.32. The van der Waals surface area contributed by atoms with Gasteiger partial charge in [-0.1, -0.05) is 54.6 Å². The number of likely N-dealkylation sites (tertiary alicyclic amines) is 1. The van der Waals surface area contributed by atoms with E-state index in [4.69, 9.17) is 16.6 Å². The highest BCUT2D eigenvalue weighted by molar-refractivity contribution is 6.33. The van der Waals surface area contributed by atoms with Gasteiger partial charge in [-0.05, 0) is 54.4 Å². The topological polar surface area (TPSA) is 46.8 Å². The quantitative estimate of drug-likeness (QED) is 0.313. The maximum absolute atomic E-state index is 13.3. The predicted molar refractivity (Wildman–Crippen MR) is 133 cm³/mol. The fourth-order valence-electron chi connectivity index (χ4n) is 4.93. The van der Waals surface area contributed by atoms with Crippen LogP contribution < -0.4 is 0 Å². The van der Waals surface area contributed by atoms with Crippen molar-refractivity contribution in [3.63, 3.8) is 0 Å². The van der Waals surface area contributed by atoms with Gasteiger partial charge in [0.25, 0.3) is 0 Å². The maximum Gasteiger partial charge on any atom is 0.165 e. The molecule has 0 N–H and O–H groups in total. The lowest BCUT2D eigenvalue weighted by Crippen LogP contribution is -2.22. The van der Waals surface area contributed by atoms with Crippen molar-refractivity contribution in [3.05, 3.63) is 78.1 Å². The summed E-state index contributed by atoms with van der Waals surface area (Å²) in [6.07, 6.45) is 5.17. The first kappa shape index (κ1) is 21.3. The average Bonchev–Trinajstić information content (AvgIpc) is 3.49. The van der Waals surface area contributed by atoms with Gasteiger partial charge in [-0.2, -0.15) is 0 Å². The number of rotatable bonds is 6. The molecule has 0 bridgehead atoms. The van der Waals surface area contributed by atoms with E-state index >= 15 is 0 Å². The number of nitrogens with zero attached hydrogens (tertiary/aromatic N) is 5. The molecule has 5 nitrogen and oxygen atoms in total. The van der Waals surface area contributed by atoms with Crippen LogP contribution in [0.25, 0.3) is 33.7 Å². The smallest absolute Gasteiger partial charge is 0.165 e. The number of imidazole rings is 1. The zero-order chi connectivity index (χ0) is 23.2. The minimum atomic E-state index is -0.238. The third kappa shape index (κ3) is 3.96. The van der Waals surface area contributed by atoms with E-state index in [9.17, 15) is 4.39 Å². The van der Waals surface area contributed by atoms with Crippen molar-refractivity contribution >= 4 is 22.8 Å². The summed E-state index contributed by atoms with van der Waals surface area (Å²) < 4.78 is 15.5. The molecule has 1 atom stereocenters. The van der Waals surface area contributed by atoms with Gasteiger partial charge in [-0.3, -0.25) is 0 Å². The molecule has 1 saturated carbocycles. The molecule has 1 aliphatic heterocycles. The van der Waals surface area contributed by atoms with Crippen molar-refractivity contribution in [3.8, 4) is 22.5 Å². The molecule has 3 heterocycles. The standard InChI is InChI=1S/C27H25ClFN5/c1-17(19-2-3-19)33-13-12-18(14-33)15-34-26(32-24-25(28)30-16-31-27(24)34)22-6-4-20(5-7-22)21-8-10-23(29)11-9-21/h4-11,16,18-19H,1-3,12-15H2/t18-/m1/s1. The van der Waals surface area contributed by atoms with Crippen molar-refractivity contribution in [2.45, 2.75) is 25.8 Å².